The number of aromatic nitrogens is 3. The van der Waals surface area contributed by atoms with E-state index in [2.05, 4.69) is 10.3 Å². The summed E-state index contributed by atoms with van der Waals surface area (Å²) < 4.78 is 38.8. The number of carboxylic acid groups (broad SMARTS) is 1. The van der Waals surface area contributed by atoms with Gasteiger partial charge in [-0.15, -0.1) is 0 Å². The minimum Gasteiger partial charge on any atom is -0.480 e. The molecule has 0 saturated carbocycles. The molecule has 44 heavy (non-hydrogen) atoms. The average molecular weight is 602 g/mol. The fourth-order valence-electron chi connectivity index (χ4n) is 5.75. The highest BCUT2D eigenvalue weighted by atomic mass is 19.1. The highest BCUT2D eigenvalue weighted by Crippen LogP contribution is 2.27. The third-order valence-corrected chi connectivity index (χ3v) is 8.03. The summed E-state index contributed by atoms with van der Waals surface area (Å²) in [6, 6.07) is 13.1. The van der Waals surface area contributed by atoms with E-state index in [1.807, 2.05) is 31.2 Å². The van der Waals surface area contributed by atoms with Crippen LogP contribution >= 0.6 is 0 Å². The molecule has 1 fully saturated rings. The van der Waals surface area contributed by atoms with Crippen LogP contribution in [0.5, 0.6) is 0 Å². The number of benzene rings is 2. The molecule has 1 saturated heterocycles. The van der Waals surface area contributed by atoms with Gasteiger partial charge >= 0.3 is 5.97 Å². The lowest BCUT2D eigenvalue weighted by Crippen LogP contribution is -2.44. The Bertz CT molecular complexity index is 1960. The number of ether oxygens (including phenoxy) is 1. The van der Waals surface area contributed by atoms with Crippen molar-refractivity contribution in [1.29, 1.82) is 0 Å². The minimum atomic E-state index is -1.52. The number of hydrogen-bond acceptors (Lipinski definition) is 6. The lowest BCUT2D eigenvalue weighted by Gasteiger charge is -2.35. The number of carbonyl (C=O) groups is 2. The maximum Gasteiger partial charge on any atom is 0.326 e. The zero-order valence-electron chi connectivity index (χ0n) is 24.0. The van der Waals surface area contributed by atoms with Crippen LogP contribution in [0.2, 0.25) is 0 Å². The number of hydrogen-bond donors (Lipinski definition) is 2. The monoisotopic (exact) mass is 601 g/mol. The van der Waals surface area contributed by atoms with Crippen molar-refractivity contribution in [1.82, 2.24) is 19.3 Å². The SMILES string of the molecule is C[C@H]1COCCN1c1cc(F)c(C(=O)N[C@@H](Cc2ccc(-c3cc4ccccc4n(C)c3=O)c3nccn23)C(=O)O)c(F)c1. The Kier molecular flexibility index (Phi) is 7.60. The topological polar surface area (TPSA) is 118 Å². The third-order valence-electron chi connectivity index (χ3n) is 8.03. The molecule has 10 nitrogen and oxygen atoms in total. The Morgan fingerprint density at radius 1 is 1.11 bits per heavy atom. The maximum absolute atomic E-state index is 15.1. The number of aryl methyl sites for hydroxylation is 1. The van der Waals surface area contributed by atoms with Gasteiger partial charge in [0.15, 0.2) is 0 Å². The number of amides is 1. The average Bonchev–Trinajstić information content (AvgIpc) is 3.49. The van der Waals surface area contributed by atoms with E-state index in [0.29, 0.717) is 42.2 Å². The molecule has 6 rings (SSSR count). The molecule has 5 aromatic rings. The van der Waals surface area contributed by atoms with Crippen molar-refractivity contribution in [2.45, 2.75) is 25.4 Å². The van der Waals surface area contributed by atoms with Crippen LogP contribution in [0.1, 0.15) is 23.0 Å². The van der Waals surface area contributed by atoms with Crippen molar-refractivity contribution in [2.24, 2.45) is 7.05 Å². The van der Waals surface area contributed by atoms with Gasteiger partial charge in [-0.05, 0) is 48.7 Å². The molecule has 1 aliphatic heterocycles. The number of halogens is 2. The Balaban J connectivity index is 1.29. The first-order valence-corrected chi connectivity index (χ1v) is 14.0. The summed E-state index contributed by atoms with van der Waals surface area (Å²) in [5, 5.41) is 13.1. The highest BCUT2D eigenvalue weighted by molar-refractivity contribution is 5.97. The zero-order valence-corrected chi connectivity index (χ0v) is 24.0. The van der Waals surface area contributed by atoms with E-state index in [-0.39, 0.29) is 23.7 Å². The summed E-state index contributed by atoms with van der Waals surface area (Å²) in [7, 11) is 1.69. The van der Waals surface area contributed by atoms with Crippen molar-refractivity contribution in [3.63, 3.8) is 0 Å². The number of pyridine rings is 2. The van der Waals surface area contributed by atoms with E-state index in [1.165, 1.54) is 6.20 Å². The molecule has 0 bridgehead atoms. The lowest BCUT2D eigenvalue weighted by atomic mass is 10.0. The number of nitrogens with zero attached hydrogens (tertiary/aromatic N) is 4. The van der Waals surface area contributed by atoms with Crippen molar-refractivity contribution >= 4 is 34.1 Å². The second-order valence-electron chi connectivity index (χ2n) is 10.8. The molecule has 4 heterocycles. The lowest BCUT2D eigenvalue weighted by molar-refractivity contribution is -0.139. The van der Waals surface area contributed by atoms with E-state index in [0.717, 1.165) is 23.0 Å². The molecule has 1 aliphatic rings. The summed E-state index contributed by atoms with van der Waals surface area (Å²) in [6.07, 6.45) is 2.91. The highest BCUT2D eigenvalue weighted by Gasteiger charge is 2.28. The first kappa shape index (κ1) is 29.0. The smallest absolute Gasteiger partial charge is 0.326 e. The Labute approximate surface area is 250 Å². The van der Waals surface area contributed by atoms with Crippen LogP contribution in [-0.2, 0) is 23.0 Å². The Morgan fingerprint density at radius 2 is 1.86 bits per heavy atom. The predicted molar refractivity (Wildman–Crippen MR) is 160 cm³/mol. The molecule has 12 heteroatoms. The van der Waals surface area contributed by atoms with Crippen LogP contribution < -0.4 is 15.8 Å². The van der Waals surface area contributed by atoms with Crippen LogP contribution in [0.4, 0.5) is 14.5 Å². The maximum atomic E-state index is 15.1. The number of fused-ring (bicyclic) bond motifs is 2. The summed E-state index contributed by atoms with van der Waals surface area (Å²) in [4.78, 5) is 44.7. The number of imidazole rings is 1. The van der Waals surface area contributed by atoms with Gasteiger partial charge in [0, 0.05) is 55.4 Å². The van der Waals surface area contributed by atoms with Crippen molar-refractivity contribution in [3.05, 3.63) is 100 Å². The second-order valence-corrected chi connectivity index (χ2v) is 10.8. The van der Waals surface area contributed by atoms with Gasteiger partial charge in [0.2, 0.25) is 0 Å². The van der Waals surface area contributed by atoms with Gasteiger partial charge in [-0.1, -0.05) is 18.2 Å². The predicted octanol–water partition coefficient (Wildman–Crippen LogP) is 3.78. The normalized spacial score (nSPS) is 15.9. The minimum absolute atomic E-state index is 0.116. The molecule has 226 valence electrons. The number of anilines is 1. The number of rotatable bonds is 7. The van der Waals surface area contributed by atoms with Crippen molar-refractivity contribution < 1.29 is 28.2 Å². The zero-order chi connectivity index (χ0) is 31.1. The largest absolute Gasteiger partial charge is 0.480 e. The third kappa shape index (κ3) is 5.17. The molecule has 2 atom stereocenters. The van der Waals surface area contributed by atoms with Crippen LogP contribution in [0.15, 0.2) is 71.8 Å². The van der Waals surface area contributed by atoms with Crippen molar-refractivity contribution in [2.75, 3.05) is 24.7 Å². The summed E-state index contributed by atoms with van der Waals surface area (Å²) in [5.41, 5.74) is 1.77. The van der Waals surface area contributed by atoms with E-state index >= 15 is 8.78 Å². The number of aliphatic carboxylic acids is 1. The molecule has 0 radical (unpaired) electrons. The fourth-order valence-corrected chi connectivity index (χ4v) is 5.75. The molecule has 0 aliphatic carbocycles. The van der Waals surface area contributed by atoms with E-state index in [4.69, 9.17) is 4.74 Å². The van der Waals surface area contributed by atoms with Gasteiger partial charge < -0.3 is 29.0 Å². The molecule has 0 unspecified atom stereocenters. The molecule has 3 aromatic heterocycles. The van der Waals surface area contributed by atoms with Crippen LogP contribution in [0, 0.1) is 11.6 Å². The van der Waals surface area contributed by atoms with Gasteiger partial charge in [-0.25, -0.2) is 18.6 Å². The molecule has 0 spiro atoms. The fraction of sp³-hybridized carbons (Fsp3) is 0.250. The summed E-state index contributed by atoms with van der Waals surface area (Å²) in [6.45, 7) is 3.10. The first-order chi connectivity index (χ1) is 21.1. The number of para-hydroxylation sites is 1. The molecule has 1 amide bonds. The van der Waals surface area contributed by atoms with Gasteiger partial charge in [0.1, 0.15) is 28.9 Å². The summed E-state index contributed by atoms with van der Waals surface area (Å²) >= 11 is 0. The quantitative estimate of drug-likeness (QED) is 0.292. The van der Waals surface area contributed by atoms with Crippen LogP contribution in [-0.4, -0.2) is 62.8 Å². The Morgan fingerprint density at radius 3 is 2.59 bits per heavy atom. The van der Waals surface area contributed by atoms with Crippen molar-refractivity contribution in [3.8, 4) is 11.1 Å². The standard InChI is InChI=1S/C32H29F2N5O5/c1-18-17-44-12-11-38(18)21-14-24(33)28(25(34)15-21)30(40)36-26(32(42)43)16-20-7-8-22(29-35-9-10-39(20)29)23-13-19-5-3-4-6-27(19)37(2)31(23)41/h3-10,13-15,18,26H,11-12,16-17H2,1-2H3,(H,36,40)(H,42,43)/t18-,26-/m0/s1. The van der Waals surface area contributed by atoms with E-state index < -0.39 is 35.1 Å². The molecular weight excluding hydrogens is 572 g/mol. The molecular formula is C32H29F2N5O5. The first-order valence-electron chi connectivity index (χ1n) is 14.0. The van der Waals surface area contributed by atoms with E-state index in [9.17, 15) is 19.5 Å². The number of carboxylic acids is 1. The van der Waals surface area contributed by atoms with Gasteiger partial charge in [-0.2, -0.15) is 0 Å². The van der Waals surface area contributed by atoms with Crippen LogP contribution in [0.25, 0.3) is 27.7 Å². The van der Waals surface area contributed by atoms with E-state index in [1.54, 1.807) is 45.3 Å². The van der Waals surface area contributed by atoms with Crippen LogP contribution in [0.3, 0.4) is 0 Å². The number of nitrogens with one attached hydrogen (secondary N) is 1. The molecule has 2 aromatic carbocycles. The van der Waals surface area contributed by atoms with Gasteiger partial charge in [0.25, 0.3) is 11.5 Å². The number of morpholine rings is 1. The second kappa shape index (κ2) is 11.5. The Hall–Kier alpha value is -5.10. The van der Waals surface area contributed by atoms with Gasteiger partial charge in [0.05, 0.1) is 24.3 Å². The summed E-state index contributed by atoms with van der Waals surface area (Å²) in [5.74, 6) is -4.77. The number of carbonyl (C=O) groups excluding carboxylic acids is 1. The van der Waals surface area contributed by atoms with Gasteiger partial charge in [-0.3, -0.25) is 9.59 Å². The molecule has 2 N–H and O–H groups in total.